The molecule has 3 rings (SSSR count). The van der Waals surface area contributed by atoms with E-state index in [1.807, 2.05) is 12.1 Å². The molecule has 1 unspecified atom stereocenters. The van der Waals surface area contributed by atoms with E-state index in [1.54, 1.807) is 24.3 Å². The maximum Gasteiger partial charge on any atom is 0.288 e. The lowest BCUT2D eigenvalue weighted by Crippen LogP contribution is -2.46. The number of alkyl halides is 2. The van der Waals surface area contributed by atoms with Crippen LogP contribution in [-0.2, 0) is 11.2 Å². The predicted octanol–water partition coefficient (Wildman–Crippen LogP) is 3.06. The summed E-state index contributed by atoms with van der Waals surface area (Å²) in [5, 5.41) is 0. The number of thioether (sulfide) groups is 1. The van der Waals surface area contributed by atoms with Gasteiger partial charge in [0.25, 0.3) is 11.7 Å². The van der Waals surface area contributed by atoms with Crippen molar-refractivity contribution in [1.82, 2.24) is 0 Å². The summed E-state index contributed by atoms with van der Waals surface area (Å²) in [5.74, 6) is -3.78. The number of halogens is 2. The molecule has 1 atom stereocenters. The first-order chi connectivity index (χ1) is 11.5. The highest BCUT2D eigenvalue weighted by atomic mass is 32.2. The van der Waals surface area contributed by atoms with Crippen LogP contribution < -0.4 is 10.6 Å². The van der Waals surface area contributed by atoms with Crippen LogP contribution in [0.3, 0.4) is 0 Å². The highest BCUT2D eigenvalue weighted by molar-refractivity contribution is 7.99. The number of hydrogen-bond acceptors (Lipinski definition) is 3. The Kier molecular flexibility index (Phi) is 4.53. The number of fused-ring (bicyclic) bond motifs is 1. The normalized spacial score (nSPS) is 16.3. The summed E-state index contributed by atoms with van der Waals surface area (Å²) in [6.45, 7) is 0. The smallest absolute Gasteiger partial charge is 0.288 e. The molecule has 0 saturated heterocycles. The molecule has 2 aromatic rings. The van der Waals surface area contributed by atoms with Gasteiger partial charge in [0, 0.05) is 17.0 Å². The van der Waals surface area contributed by atoms with E-state index in [-0.39, 0.29) is 10.5 Å². The Bertz CT molecular complexity index is 798. The van der Waals surface area contributed by atoms with E-state index in [2.05, 4.69) is 0 Å². The van der Waals surface area contributed by atoms with Gasteiger partial charge in [-0.15, -0.1) is 0 Å². The zero-order chi connectivity index (χ0) is 17.3. The largest absolute Gasteiger partial charge is 0.368 e. The Morgan fingerprint density at radius 2 is 1.79 bits per heavy atom. The van der Waals surface area contributed by atoms with Gasteiger partial charge in [0.1, 0.15) is 6.04 Å². The monoisotopic (exact) mass is 348 g/mol. The number of hydrogen-bond donors (Lipinski definition) is 1. The van der Waals surface area contributed by atoms with Crippen molar-refractivity contribution < 1.29 is 18.4 Å². The lowest BCUT2D eigenvalue weighted by molar-refractivity contribution is -0.119. The van der Waals surface area contributed by atoms with Gasteiger partial charge in [0.05, 0.1) is 5.56 Å². The summed E-state index contributed by atoms with van der Waals surface area (Å²) in [6, 6.07) is 12.4. The second-order valence-corrected chi connectivity index (χ2v) is 6.33. The third-order valence-corrected chi connectivity index (χ3v) is 4.64. The number of benzene rings is 2. The minimum atomic E-state index is -2.64. The third kappa shape index (κ3) is 2.99. The van der Waals surface area contributed by atoms with Crippen molar-refractivity contribution in [2.75, 3.05) is 4.90 Å². The lowest BCUT2D eigenvalue weighted by Gasteiger charge is -2.24. The molecule has 124 valence electrons. The fourth-order valence-corrected chi connectivity index (χ4v) is 3.47. The second kappa shape index (κ2) is 6.60. The molecule has 1 aliphatic rings. The summed E-state index contributed by atoms with van der Waals surface area (Å²) in [4.78, 5) is 26.2. The molecule has 1 heterocycles. The average molecular weight is 348 g/mol. The van der Waals surface area contributed by atoms with Crippen LogP contribution in [0.25, 0.3) is 0 Å². The minimum absolute atomic E-state index is 0.130. The predicted molar refractivity (Wildman–Crippen MR) is 88.2 cm³/mol. The van der Waals surface area contributed by atoms with Crippen molar-refractivity contribution >= 4 is 29.3 Å². The standard InChI is InChI=1S/C17H14F2N2O2S/c18-17(19)24-14-8-4-2-6-11(14)16(23)21-12-7-3-1-5-10(12)9-13(21)15(20)22/h1-8,13,17H,9H2,(H2,20,22). The number of nitrogens with zero attached hydrogens (tertiary/aromatic N) is 1. The van der Waals surface area contributed by atoms with E-state index >= 15 is 0 Å². The fourth-order valence-electron chi connectivity index (χ4n) is 2.84. The number of amides is 2. The van der Waals surface area contributed by atoms with E-state index < -0.39 is 23.6 Å². The first-order valence-electron chi connectivity index (χ1n) is 7.23. The number of rotatable bonds is 4. The SMILES string of the molecule is NC(=O)C1Cc2ccccc2N1C(=O)c1ccccc1SC(F)F. The molecule has 0 spiro atoms. The summed E-state index contributed by atoms with van der Waals surface area (Å²) >= 11 is 0.306. The summed E-state index contributed by atoms with van der Waals surface area (Å²) in [6.07, 6.45) is 0.321. The zero-order valence-corrected chi connectivity index (χ0v) is 13.3. The number of anilines is 1. The molecular weight excluding hydrogens is 334 g/mol. The number of para-hydroxylation sites is 1. The lowest BCUT2D eigenvalue weighted by atomic mass is 10.1. The maximum absolute atomic E-state index is 13.0. The molecule has 1 aliphatic heterocycles. The summed E-state index contributed by atoms with van der Waals surface area (Å²) in [7, 11) is 0. The topological polar surface area (TPSA) is 63.4 Å². The molecule has 0 fully saturated rings. The third-order valence-electron chi connectivity index (χ3n) is 3.86. The Labute approximate surface area is 141 Å². The van der Waals surface area contributed by atoms with Gasteiger partial charge in [-0.2, -0.15) is 8.78 Å². The van der Waals surface area contributed by atoms with Gasteiger partial charge in [-0.1, -0.05) is 42.1 Å². The average Bonchev–Trinajstić information content (AvgIpc) is 2.94. The molecule has 0 bridgehead atoms. The van der Waals surface area contributed by atoms with Gasteiger partial charge in [0.2, 0.25) is 5.91 Å². The molecule has 0 aliphatic carbocycles. The molecule has 4 nitrogen and oxygen atoms in total. The molecule has 2 amide bonds. The number of primary amides is 1. The van der Waals surface area contributed by atoms with Crippen LogP contribution in [0.5, 0.6) is 0 Å². The quantitative estimate of drug-likeness (QED) is 0.864. The molecular formula is C17H14F2N2O2S. The van der Waals surface area contributed by atoms with Gasteiger partial charge < -0.3 is 5.73 Å². The van der Waals surface area contributed by atoms with Crippen LogP contribution in [0.4, 0.5) is 14.5 Å². The molecule has 7 heteroatoms. The Morgan fingerprint density at radius 1 is 1.12 bits per heavy atom. The van der Waals surface area contributed by atoms with Crippen molar-refractivity contribution in [3.8, 4) is 0 Å². The van der Waals surface area contributed by atoms with Crippen molar-refractivity contribution in [2.45, 2.75) is 23.1 Å². The van der Waals surface area contributed by atoms with E-state index in [1.165, 1.54) is 17.0 Å². The van der Waals surface area contributed by atoms with Gasteiger partial charge in [0.15, 0.2) is 0 Å². The first-order valence-corrected chi connectivity index (χ1v) is 8.11. The highest BCUT2D eigenvalue weighted by Gasteiger charge is 2.38. The van der Waals surface area contributed by atoms with Crippen LogP contribution in [0.15, 0.2) is 53.4 Å². The first kappa shape index (κ1) is 16.4. The molecule has 0 saturated carbocycles. The Balaban J connectivity index is 2.04. The summed E-state index contributed by atoms with van der Waals surface area (Å²) < 4.78 is 25.5. The van der Waals surface area contributed by atoms with E-state index in [4.69, 9.17) is 5.73 Å². The van der Waals surface area contributed by atoms with Crippen LogP contribution in [0.2, 0.25) is 0 Å². The number of carbonyl (C=O) groups excluding carboxylic acids is 2. The fraction of sp³-hybridized carbons (Fsp3) is 0.176. The van der Waals surface area contributed by atoms with Crippen LogP contribution in [0.1, 0.15) is 15.9 Å². The molecule has 24 heavy (non-hydrogen) atoms. The highest BCUT2D eigenvalue weighted by Crippen LogP contribution is 2.35. The second-order valence-electron chi connectivity index (χ2n) is 5.30. The van der Waals surface area contributed by atoms with Crippen molar-refractivity contribution in [1.29, 1.82) is 0 Å². The Morgan fingerprint density at radius 3 is 2.50 bits per heavy atom. The minimum Gasteiger partial charge on any atom is -0.368 e. The maximum atomic E-state index is 13.0. The van der Waals surface area contributed by atoms with Gasteiger partial charge in [-0.25, -0.2) is 0 Å². The molecule has 0 radical (unpaired) electrons. The van der Waals surface area contributed by atoms with E-state index in [9.17, 15) is 18.4 Å². The number of nitrogens with two attached hydrogens (primary N) is 1. The van der Waals surface area contributed by atoms with Crippen LogP contribution in [-0.4, -0.2) is 23.6 Å². The van der Waals surface area contributed by atoms with Crippen LogP contribution >= 0.6 is 11.8 Å². The van der Waals surface area contributed by atoms with Gasteiger partial charge in [-0.05, 0) is 23.8 Å². The zero-order valence-electron chi connectivity index (χ0n) is 12.5. The van der Waals surface area contributed by atoms with Crippen molar-refractivity contribution in [3.63, 3.8) is 0 Å². The Hall–Kier alpha value is -2.41. The number of carbonyl (C=O) groups is 2. The van der Waals surface area contributed by atoms with E-state index in [0.29, 0.717) is 23.9 Å². The van der Waals surface area contributed by atoms with E-state index in [0.717, 1.165) is 5.56 Å². The molecule has 2 aromatic carbocycles. The molecule has 2 N–H and O–H groups in total. The van der Waals surface area contributed by atoms with Crippen molar-refractivity contribution in [2.24, 2.45) is 5.73 Å². The van der Waals surface area contributed by atoms with Crippen molar-refractivity contribution in [3.05, 3.63) is 59.7 Å². The van der Waals surface area contributed by atoms with Gasteiger partial charge >= 0.3 is 0 Å². The summed E-state index contributed by atoms with van der Waals surface area (Å²) in [5.41, 5.74) is 6.99. The molecule has 0 aromatic heterocycles. The van der Waals surface area contributed by atoms with Crippen LogP contribution in [0, 0.1) is 0 Å². The van der Waals surface area contributed by atoms with Gasteiger partial charge in [-0.3, -0.25) is 14.5 Å².